The highest BCUT2D eigenvalue weighted by Crippen LogP contribution is 2.54. The highest BCUT2D eigenvalue weighted by molar-refractivity contribution is 7.01. The number of fused-ring (bicyclic) bond motifs is 8. The summed E-state index contributed by atoms with van der Waals surface area (Å²) in [6, 6.07) is 29.2. The lowest BCUT2D eigenvalue weighted by molar-refractivity contribution is 0.590. The topological polar surface area (TPSA) is 19.4 Å². The Hall–Kier alpha value is -12.0. The van der Waals surface area contributed by atoms with Crippen LogP contribution in [0.5, 0.6) is 0 Å². The van der Waals surface area contributed by atoms with Crippen molar-refractivity contribution in [2.24, 2.45) is 0 Å². The summed E-state index contributed by atoms with van der Waals surface area (Å²) in [4.78, 5) is 9.84. The lowest BCUT2D eigenvalue weighted by Gasteiger charge is -2.45. The van der Waals surface area contributed by atoms with E-state index in [1.807, 2.05) is 41.5 Å². The van der Waals surface area contributed by atoms with Gasteiger partial charge in [0.1, 0.15) is 0 Å². The Bertz CT molecular complexity index is 8220. The molecule has 4 aliphatic heterocycles. The summed E-state index contributed by atoms with van der Waals surface area (Å²) in [5.41, 5.74) is 1.61. The van der Waals surface area contributed by atoms with E-state index in [2.05, 4.69) is 207 Å². The number of benzene rings is 14. The van der Waals surface area contributed by atoms with Crippen molar-refractivity contribution in [2.75, 3.05) is 29.4 Å². The van der Waals surface area contributed by atoms with Gasteiger partial charge in [-0.2, -0.15) is 0 Å². The SMILES string of the molecule is [2H]c1c([2H])c(C(C)(C)C)c([2H])c([2H])c1N(c1cc2c3c(c1)N(c1c([2H])c([2H])c(C(C)(C)C)c([2H])c1[2H])c1c([2H])c([2H])c(C(C)(C)C)c([2H])c1B3c1c([2H])c(C(C)(C)C)c([2H])c([2H])c1N2c1c([2H])c([2H])c(C(C)(C)C)c([2H])c1[2H])c1c([2H])c([2H])c(C(C)(C)C)c([2H])c1[2H].[2H]c1c([2H])c(C(C)(C)C)c([2H])c2c1N(c1ccc(C(C)(C)C)cc1)c1cc(N(c3ccc(C(C)(C)C)cc3)c3ccc(C(C)(C)C)cc3)cc3c1B2c1c([2H])c(C(C)(C)C)c([2H])c([2H])c1N3c1ccc(C(C)(C)C)cc1. The molecule has 14 aromatic carbocycles. The molecule has 0 radical (unpaired) electrons. The van der Waals surface area contributed by atoms with Crippen molar-refractivity contribution in [3.63, 3.8) is 0 Å². The van der Waals surface area contributed by atoms with Gasteiger partial charge in [-0.1, -0.05) is 394 Å². The van der Waals surface area contributed by atoms with Crippen LogP contribution >= 0.6 is 0 Å². The summed E-state index contributed by atoms with van der Waals surface area (Å²) in [7, 11) is 0. The smallest absolute Gasteiger partial charge is 0.252 e. The molecule has 0 atom stereocenters. The van der Waals surface area contributed by atoms with Crippen LogP contribution in [0, 0.1) is 0 Å². The third-order valence-electron chi connectivity index (χ3n) is 26.9. The van der Waals surface area contributed by atoms with Crippen LogP contribution in [0.2, 0.25) is 0 Å². The molecule has 8 heteroatoms. The molecule has 0 amide bonds. The molecule has 4 heterocycles. The minimum absolute atomic E-state index is 0.00108. The minimum atomic E-state index is -1.59. The van der Waals surface area contributed by atoms with Crippen molar-refractivity contribution >= 4 is 149 Å². The first kappa shape index (κ1) is 69.8. The molecule has 6 nitrogen and oxygen atoms in total. The van der Waals surface area contributed by atoms with Gasteiger partial charge in [-0.25, -0.2) is 0 Å². The summed E-state index contributed by atoms with van der Waals surface area (Å²) in [5.74, 6) is 0. The van der Waals surface area contributed by atoms with Crippen molar-refractivity contribution in [1.82, 2.24) is 0 Å². The van der Waals surface area contributed by atoms with Gasteiger partial charge in [0.15, 0.2) is 0 Å². The van der Waals surface area contributed by atoms with Gasteiger partial charge in [0.2, 0.25) is 0 Å². The van der Waals surface area contributed by atoms with Crippen LogP contribution in [0.25, 0.3) is 0 Å². The normalized spacial score (nSPS) is 16.9. The molecule has 0 aromatic heterocycles. The van der Waals surface area contributed by atoms with Gasteiger partial charge in [0.25, 0.3) is 13.4 Å². The molecular formula is C132H156B2N6. The summed E-state index contributed by atoms with van der Waals surface area (Å²) >= 11 is 0. The zero-order valence-electron chi connectivity index (χ0n) is 117. The largest absolute Gasteiger partial charge is 0.311 e. The second-order valence-corrected chi connectivity index (χ2v) is 50.8. The molecule has 0 bridgehead atoms. The molecule has 18 rings (SSSR count). The van der Waals surface area contributed by atoms with E-state index in [0.29, 0.717) is 33.4 Å². The molecule has 0 unspecified atom stereocenters. The van der Waals surface area contributed by atoms with E-state index in [-0.39, 0.29) is 148 Å². The summed E-state index contributed by atoms with van der Waals surface area (Å²) in [5, 5.41) is 0. The molecule has 0 N–H and O–H groups in total. The minimum Gasteiger partial charge on any atom is -0.311 e. The van der Waals surface area contributed by atoms with Gasteiger partial charge in [0, 0.05) is 91.0 Å². The van der Waals surface area contributed by atoms with E-state index in [4.69, 9.17) is 0 Å². The summed E-state index contributed by atoms with van der Waals surface area (Å²) < 4.78 is 281. The third kappa shape index (κ3) is 19.2. The highest BCUT2D eigenvalue weighted by Gasteiger charge is 2.49. The molecule has 0 fully saturated rings. The molecule has 140 heavy (non-hydrogen) atoms. The van der Waals surface area contributed by atoms with Crippen molar-refractivity contribution in [3.05, 3.63) is 357 Å². The maximum Gasteiger partial charge on any atom is 0.252 e. The fourth-order valence-electron chi connectivity index (χ4n) is 18.3. The standard InChI is InChI=1S/2C66H78BN3/c2*1-61(2,3)43-19-29-49(30-20-43)68(50-31-21-44(22-32-50)62(4,5)6)53-41-58-60-59(42-53)70(52-35-25-46(26-36-52)64(10,11)12)57-38-28-48(66(16,17)18)40-55(57)67(60)54-39-47(65(13,14)15)27-37-56(54)69(58)51-33-23-45(24-34-51)63(7,8)9/h2*19-42H,1-18H3/i19D,20D,21D,22D,23D,24D,25D,26D,27D,28D,29D,30D,31D,32D,33D,34D,35D,36D,37D,38D,39D,40D;27D,28D,37D,38D,39D,40D. The van der Waals surface area contributed by atoms with Crippen molar-refractivity contribution in [3.8, 4) is 0 Å². The van der Waals surface area contributed by atoms with Crippen LogP contribution in [0.15, 0.2) is 291 Å². The quantitative estimate of drug-likeness (QED) is 0.126. The van der Waals surface area contributed by atoms with Crippen LogP contribution in [0.1, 0.15) is 354 Å². The predicted molar refractivity (Wildman–Crippen MR) is 615 cm³/mol. The first-order chi connectivity index (χ1) is 76.8. The van der Waals surface area contributed by atoms with Gasteiger partial charge in [-0.05, 0) is 310 Å². The zero-order valence-corrected chi connectivity index (χ0v) is 89.4. The van der Waals surface area contributed by atoms with Gasteiger partial charge in [-0.3, -0.25) is 0 Å². The zero-order chi connectivity index (χ0) is 126. The van der Waals surface area contributed by atoms with E-state index in [1.165, 1.54) is 33.1 Å². The second-order valence-electron chi connectivity index (χ2n) is 50.8. The van der Waals surface area contributed by atoms with Crippen LogP contribution in [-0.2, 0) is 65.0 Å². The maximum absolute atomic E-state index is 10.6. The van der Waals surface area contributed by atoms with Crippen molar-refractivity contribution < 1.29 is 38.4 Å². The monoisotopic (exact) mass is 1880 g/mol. The first-order valence-electron chi connectivity index (χ1n) is 63.4. The van der Waals surface area contributed by atoms with Gasteiger partial charge < -0.3 is 29.4 Å². The number of anilines is 18. The second kappa shape index (κ2) is 35.0. The molecule has 0 aliphatic carbocycles. The van der Waals surface area contributed by atoms with E-state index in [9.17, 15) is 38.4 Å². The number of hydrogen-bond acceptors (Lipinski definition) is 6. The molecule has 14 aromatic rings. The number of rotatable bonds is 10. The predicted octanol–water partition coefficient (Wildman–Crippen LogP) is 34.0. The average Bonchev–Trinajstić information content (AvgIpc) is 0.668. The Morgan fingerprint density at radius 1 is 0.171 bits per heavy atom. The Balaban J connectivity index is 0.000000228. The summed E-state index contributed by atoms with van der Waals surface area (Å²) in [6.45, 7) is 66.9. The third-order valence-corrected chi connectivity index (χ3v) is 26.9. The Labute approximate surface area is 883 Å². The molecule has 4 aliphatic rings. The molecule has 720 valence electrons. The van der Waals surface area contributed by atoms with E-state index in [0.717, 1.165) is 61.3 Å². The molecule has 0 spiro atoms. The maximum atomic E-state index is 10.6. The van der Waals surface area contributed by atoms with Gasteiger partial charge >= 0.3 is 0 Å². The van der Waals surface area contributed by atoms with Crippen LogP contribution < -0.4 is 62.2 Å². The average molecular weight is 1880 g/mol. The summed E-state index contributed by atoms with van der Waals surface area (Å²) in [6.07, 6.45) is 0. The van der Waals surface area contributed by atoms with Crippen molar-refractivity contribution in [1.29, 1.82) is 0 Å². The fraction of sp³-hybridized carbons (Fsp3) is 0.364. The highest BCUT2D eigenvalue weighted by atomic mass is 15.2. The Morgan fingerprint density at radius 3 is 0.557 bits per heavy atom. The fourth-order valence-corrected chi connectivity index (χ4v) is 18.3. The lowest BCUT2D eigenvalue weighted by Crippen LogP contribution is -2.61. The molecule has 0 saturated heterocycles. The molecular weight excluding hydrogens is 1690 g/mol. The first-order valence-corrected chi connectivity index (χ1v) is 49.4. The Morgan fingerprint density at radius 2 is 0.350 bits per heavy atom. The molecule has 0 saturated carbocycles. The van der Waals surface area contributed by atoms with Gasteiger partial charge in [-0.15, -0.1) is 0 Å². The lowest BCUT2D eigenvalue weighted by atomic mass is 9.33. The van der Waals surface area contributed by atoms with Crippen LogP contribution in [0.3, 0.4) is 0 Å². The van der Waals surface area contributed by atoms with Gasteiger partial charge in [0.05, 0.1) is 49.8 Å². The van der Waals surface area contributed by atoms with E-state index < -0.39 is 200 Å². The van der Waals surface area contributed by atoms with Crippen LogP contribution in [-0.4, -0.2) is 13.4 Å². The van der Waals surface area contributed by atoms with Crippen LogP contribution in [0.4, 0.5) is 102 Å². The van der Waals surface area contributed by atoms with Crippen molar-refractivity contribution in [2.45, 2.75) is 314 Å². The van der Waals surface area contributed by atoms with E-state index >= 15 is 0 Å². The number of nitrogens with zero attached hydrogens (tertiary/aromatic N) is 6. The number of hydrogen-bond donors (Lipinski definition) is 0. The Kier molecular flexibility index (Phi) is 17.5. The van der Waals surface area contributed by atoms with E-state index in [1.54, 1.807) is 125 Å².